The number of imide groups is 1. The van der Waals surface area contributed by atoms with Crippen molar-refractivity contribution in [1.82, 2.24) is 5.06 Å². The van der Waals surface area contributed by atoms with Crippen molar-refractivity contribution in [3.63, 3.8) is 0 Å². The summed E-state index contributed by atoms with van der Waals surface area (Å²) in [5, 5.41) is 3.71. The number of azide groups is 1. The van der Waals surface area contributed by atoms with Gasteiger partial charge < -0.3 is 9.47 Å². The van der Waals surface area contributed by atoms with Gasteiger partial charge in [-0.15, -0.1) is 0 Å². The third kappa shape index (κ3) is 5.19. The summed E-state index contributed by atoms with van der Waals surface area (Å²) in [6.45, 7) is 3.25. The second kappa shape index (κ2) is 8.68. The van der Waals surface area contributed by atoms with E-state index in [1.54, 1.807) is 13.8 Å². The number of hydrogen-bond donors (Lipinski definition) is 0. The lowest BCUT2D eigenvalue weighted by Gasteiger charge is -2.22. The lowest BCUT2D eigenvalue weighted by molar-refractivity contribution is -0.187. The molecule has 1 fully saturated rings. The van der Waals surface area contributed by atoms with E-state index in [-0.39, 0.29) is 18.4 Å². The lowest BCUT2D eigenvalue weighted by atomic mass is 10.2. The second-order valence-corrected chi connectivity index (χ2v) is 5.80. The molecule has 2 rings (SSSR count). The Hall–Kier alpha value is -3.59. The highest BCUT2D eigenvalue weighted by molar-refractivity contribution is 6.01. The summed E-state index contributed by atoms with van der Waals surface area (Å²) < 4.78 is 10.0. The molecule has 1 aliphatic rings. The van der Waals surface area contributed by atoms with Crippen LogP contribution in [0.15, 0.2) is 29.4 Å². The molecular weight excluding hydrogens is 360 g/mol. The summed E-state index contributed by atoms with van der Waals surface area (Å²) in [6.07, 6.45) is -2.76. The Morgan fingerprint density at radius 3 is 2.22 bits per heavy atom. The normalized spacial score (nSPS) is 14.6. The molecule has 0 saturated carbocycles. The number of hydrogen-bond acceptors (Lipinski definition) is 8. The number of nitrogens with zero attached hydrogens (tertiary/aromatic N) is 4. The Morgan fingerprint density at radius 1 is 1.11 bits per heavy atom. The zero-order valence-corrected chi connectivity index (χ0v) is 14.5. The van der Waals surface area contributed by atoms with Crippen LogP contribution in [-0.4, -0.2) is 35.3 Å². The van der Waals surface area contributed by atoms with Gasteiger partial charge in [-0.05, 0) is 17.7 Å². The number of carbonyl (C=O) groups is 4. The van der Waals surface area contributed by atoms with E-state index in [2.05, 4.69) is 14.9 Å². The Bertz CT molecular complexity index is 783. The molecule has 1 heterocycles. The molecule has 142 valence electrons. The van der Waals surface area contributed by atoms with E-state index in [9.17, 15) is 19.2 Å². The average Bonchev–Trinajstić information content (AvgIpc) is 2.93. The molecule has 11 nitrogen and oxygen atoms in total. The Morgan fingerprint density at radius 2 is 1.70 bits per heavy atom. The maximum absolute atomic E-state index is 12.2. The highest BCUT2D eigenvalue weighted by atomic mass is 16.9. The number of amides is 2. The molecule has 1 aliphatic heterocycles. The molecular formula is C16H16N4O7. The predicted molar refractivity (Wildman–Crippen MR) is 87.9 cm³/mol. The number of benzene rings is 1. The van der Waals surface area contributed by atoms with Crippen molar-refractivity contribution in [3.8, 4) is 0 Å². The van der Waals surface area contributed by atoms with Crippen molar-refractivity contribution in [2.24, 2.45) is 11.0 Å². The third-order valence-electron chi connectivity index (χ3n) is 3.41. The molecule has 27 heavy (non-hydrogen) atoms. The minimum atomic E-state index is -1.34. The minimum absolute atomic E-state index is 0.0550. The lowest BCUT2D eigenvalue weighted by Crippen LogP contribution is -2.36. The van der Waals surface area contributed by atoms with Crippen molar-refractivity contribution in [2.75, 3.05) is 0 Å². The van der Waals surface area contributed by atoms with Gasteiger partial charge in [0.1, 0.15) is 0 Å². The van der Waals surface area contributed by atoms with E-state index in [0.29, 0.717) is 10.8 Å². The quantitative estimate of drug-likeness (QED) is 0.185. The van der Waals surface area contributed by atoms with E-state index in [0.717, 1.165) is 0 Å². The van der Waals surface area contributed by atoms with Crippen LogP contribution in [-0.2, 0) is 23.9 Å². The molecule has 2 amide bonds. The van der Waals surface area contributed by atoms with Gasteiger partial charge >= 0.3 is 12.1 Å². The van der Waals surface area contributed by atoms with Crippen molar-refractivity contribution in [1.29, 1.82) is 0 Å². The summed E-state index contributed by atoms with van der Waals surface area (Å²) in [4.78, 5) is 54.1. The van der Waals surface area contributed by atoms with Crippen LogP contribution in [0.3, 0.4) is 0 Å². The van der Waals surface area contributed by atoms with Gasteiger partial charge in [-0.3, -0.25) is 14.4 Å². The van der Waals surface area contributed by atoms with Crippen LogP contribution < -0.4 is 0 Å². The number of carbonyl (C=O) groups excluding carboxylic acids is 4. The first-order chi connectivity index (χ1) is 12.8. The maximum Gasteiger partial charge on any atom is 0.537 e. The smallest absolute Gasteiger partial charge is 0.421 e. The van der Waals surface area contributed by atoms with E-state index >= 15 is 0 Å². The van der Waals surface area contributed by atoms with Crippen LogP contribution in [0.2, 0.25) is 0 Å². The standard InChI is InChI=1S/C16H16N4O7/c1-9(2)15(26-16(24)27-20-12(21)7-8-13(20)22)25-14(23)10-3-5-11(6-4-10)18-19-17/h3-6,9,15H,7-8H2,1-2H3. The fraction of sp³-hybridized carbons (Fsp3) is 0.375. The Labute approximate surface area is 153 Å². The van der Waals surface area contributed by atoms with Crippen molar-refractivity contribution in [2.45, 2.75) is 33.0 Å². The summed E-state index contributed by atoms with van der Waals surface area (Å²) >= 11 is 0. The number of rotatable bonds is 6. The third-order valence-corrected chi connectivity index (χ3v) is 3.41. The summed E-state index contributed by atoms with van der Waals surface area (Å²) in [7, 11) is 0. The predicted octanol–water partition coefficient (Wildman–Crippen LogP) is 2.98. The van der Waals surface area contributed by atoms with Gasteiger partial charge in [0.2, 0.25) is 0 Å². The molecule has 0 spiro atoms. The zero-order valence-electron chi connectivity index (χ0n) is 14.5. The van der Waals surface area contributed by atoms with Crippen LogP contribution in [0, 0.1) is 5.92 Å². The highest BCUT2D eigenvalue weighted by Crippen LogP contribution is 2.18. The highest BCUT2D eigenvalue weighted by Gasteiger charge is 2.35. The average molecular weight is 376 g/mol. The molecule has 0 bridgehead atoms. The maximum atomic E-state index is 12.2. The van der Waals surface area contributed by atoms with Crippen LogP contribution in [0.5, 0.6) is 0 Å². The fourth-order valence-corrected chi connectivity index (χ4v) is 2.03. The van der Waals surface area contributed by atoms with E-state index in [4.69, 9.17) is 15.0 Å². The van der Waals surface area contributed by atoms with Gasteiger partial charge in [0, 0.05) is 29.4 Å². The molecule has 0 aromatic heterocycles. The summed E-state index contributed by atoms with van der Waals surface area (Å²) in [5.74, 6) is -2.54. The second-order valence-electron chi connectivity index (χ2n) is 5.80. The van der Waals surface area contributed by atoms with E-state index < -0.39 is 36.1 Å². The zero-order chi connectivity index (χ0) is 20.0. The molecule has 1 aromatic carbocycles. The molecule has 1 saturated heterocycles. The van der Waals surface area contributed by atoms with Gasteiger partial charge in [-0.25, -0.2) is 9.59 Å². The topological polar surface area (TPSA) is 148 Å². The van der Waals surface area contributed by atoms with Gasteiger partial charge in [-0.2, -0.15) is 0 Å². The summed E-state index contributed by atoms with van der Waals surface area (Å²) in [5.41, 5.74) is 8.81. The van der Waals surface area contributed by atoms with E-state index in [1.165, 1.54) is 24.3 Å². The first kappa shape index (κ1) is 19.7. The monoisotopic (exact) mass is 376 g/mol. The Balaban J connectivity index is 1.98. The van der Waals surface area contributed by atoms with Gasteiger partial charge in [0.15, 0.2) is 0 Å². The van der Waals surface area contributed by atoms with Crippen molar-refractivity contribution in [3.05, 3.63) is 40.3 Å². The van der Waals surface area contributed by atoms with Crippen LogP contribution >= 0.6 is 0 Å². The first-order valence-corrected chi connectivity index (χ1v) is 7.92. The number of ether oxygens (including phenoxy) is 2. The Kier molecular flexibility index (Phi) is 6.34. The molecule has 1 atom stereocenters. The fourth-order valence-electron chi connectivity index (χ4n) is 2.03. The van der Waals surface area contributed by atoms with Gasteiger partial charge in [0.25, 0.3) is 18.1 Å². The molecule has 0 radical (unpaired) electrons. The van der Waals surface area contributed by atoms with Gasteiger partial charge in [-0.1, -0.05) is 36.2 Å². The summed E-state index contributed by atoms with van der Waals surface area (Å²) in [6, 6.07) is 5.59. The van der Waals surface area contributed by atoms with Crippen LogP contribution in [0.25, 0.3) is 10.4 Å². The molecule has 11 heteroatoms. The molecule has 0 N–H and O–H groups in total. The van der Waals surface area contributed by atoms with Gasteiger partial charge in [0.05, 0.1) is 5.56 Å². The number of esters is 1. The molecule has 1 unspecified atom stereocenters. The van der Waals surface area contributed by atoms with E-state index in [1.807, 2.05) is 0 Å². The first-order valence-electron chi connectivity index (χ1n) is 7.92. The van der Waals surface area contributed by atoms with Crippen LogP contribution in [0.1, 0.15) is 37.0 Å². The molecule has 1 aromatic rings. The minimum Gasteiger partial charge on any atom is -0.421 e. The largest absolute Gasteiger partial charge is 0.537 e. The number of hydroxylamine groups is 2. The van der Waals surface area contributed by atoms with Crippen LogP contribution in [0.4, 0.5) is 10.5 Å². The SMILES string of the molecule is CC(C)C(OC(=O)ON1C(=O)CCC1=O)OC(=O)c1ccc(N=[N+]=[N-])cc1. The van der Waals surface area contributed by atoms with Crippen molar-refractivity contribution < 1.29 is 33.5 Å². The van der Waals surface area contributed by atoms with Crippen molar-refractivity contribution >= 4 is 29.6 Å². The molecule has 0 aliphatic carbocycles.